The van der Waals surface area contributed by atoms with Crippen LogP contribution in [0.2, 0.25) is 0 Å². The third-order valence-electron chi connectivity index (χ3n) is 7.60. The van der Waals surface area contributed by atoms with Crippen molar-refractivity contribution in [3.63, 3.8) is 0 Å². The Kier molecular flexibility index (Phi) is 8.44. The van der Waals surface area contributed by atoms with E-state index in [0.29, 0.717) is 30.4 Å². The van der Waals surface area contributed by atoms with Gasteiger partial charge in [-0.1, -0.05) is 63.9 Å². The third kappa shape index (κ3) is 6.57. The minimum absolute atomic E-state index is 0.0325. The van der Waals surface area contributed by atoms with Crippen LogP contribution in [0.4, 0.5) is 10.5 Å². The monoisotopic (exact) mass is 517 g/mol. The van der Waals surface area contributed by atoms with Crippen molar-refractivity contribution in [2.75, 3.05) is 11.4 Å². The summed E-state index contributed by atoms with van der Waals surface area (Å²) < 4.78 is 0. The maximum atomic E-state index is 13.7. The van der Waals surface area contributed by atoms with E-state index in [9.17, 15) is 9.59 Å². The predicted octanol–water partition coefficient (Wildman–Crippen LogP) is 5.10. The number of nitrogens with one attached hydrogen (secondary N) is 2. The molecule has 38 heavy (non-hydrogen) atoms. The molecule has 1 saturated heterocycles. The van der Waals surface area contributed by atoms with Gasteiger partial charge in [-0.05, 0) is 71.4 Å². The lowest BCUT2D eigenvalue weighted by molar-refractivity contribution is 0.0949. The number of carbonyl (C=O) groups excluding carboxylic acids is 2. The van der Waals surface area contributed by atoms with E-state index in [0.717, 1.165) is 30.5 Å². The highest BCUT2D eigenvalue weighted by molar-refractivity contribution is 5.95. The first kappa shape index (κ1) is 27.3. The van der Waals surface area contributed by atoms with Crippen molar-refractivity contribution in [3.05, 3.63) is 71.0 Å². The molecule has 0 saturated carbocycles. The smallest absolute Gasteiger partial charge is 0.325 e. The van der Waals surface area contributed by atoms with Crippen LogP contribution < -0.4 is 10.2 Å². The zero-order valence-electron chi connectivity index (χ0n) is 23.1. The number of urea groups is 1. The number of aryl methyl sites for hydroxylation is 1. The first-order valence-corrected chi connectivity index (χ1v) is 13.4. The van der Waals surface area contributed by atoms with Crippen LogP contribution in [0.1, 0.15) is 74.3 Å². The summed E-state index contributed by atoms with van der Waals surface area (Å²) in [7, 11) is 0. The molecule has 2 unspecified atom stereocenters. The van der Waals surface area contributed by atoms with Crippen LogP contribution in [0.25, 0.3) is 0 Å². The van der Waals surface area contributed by atoms with E-state index >= 15 is 0 Å². The van der Waals surface area contributed by atoms with Gasteiger partial charge in [0.1, 0.15) is 0 Å². The van der Waals surface area contributed by atoms with Crippen LogP contribution in [0.5, 0.6) is 0 Å². The number of rotatable bonds is 10. The van der Waals surface area contributed by atoms with Crippen molar-refractivity contribution in [3.8, 4) is 0 Å². The minimum atomic E-state index is -0.207. The average molecular weight is 518 g/mol. The van der Waals surface area contributed by atoms with Gasteiger partial charge >= 0.3 is 6.03 Å². The fraction of sp³-hybridized carbons (Fsp3) is 0.483. The zero-order chi connectivity index (χ0) is 27.3. The van der Waals surface area contributed by atoms with Crippen molar-refractivity contribution >= 4 is 17.6 Å². The molecule has 0 bridgehead atoms. The Morgan fingerprint density at radius 1 is 1.13 bits per heavy atom. The molecule has 1 aliphatic rings. The number of carbonyl (C=O) groups is 2. The van der Waals surface area contributed by atoms with Crippen molar-refractivity contribution in [2.24, 2.45) is 11.3 Å². The summed E-state index contributed by atoms with van der Waals surface area (Å²) in [6.07, 6.45) is 3.17. The fourth-order valence-corrected chi connectivity index (χ4v) is 5.20. The average Bonchev–Trinajstić information content (AvgIpc) is 3.52. The lowest BCUT2D eigenvalue weighted by Gasteiger charge is -2.32. The first-order valence-electron chi connectivity index (χ1n) is 13.4. The van der Waals surface area contributed by atoms with E-state index in [1.807, 2.05) is 34.1 Å². The molecule has 2 N–H and O–H groups in total. The van der Waals surface area contributed by atoms with E-state index < -0.39 is 0 Å². The fourth-order valence-electron chi connectivity index (χ4n) is 5.20. The summed E-state index contributed by atoms with van der Waals surface area (Å²) in [5.74, 6) is 0.878. The van der Waals surface area contributed by atoms with Crippen molar-refractivity contribution in [1.82, 2.24) is 30.8 Å². The molecule has 1 fully saturated rings. The Labute approximate surface area is 225 Å². The second-order valence-electron chi connectivity index (χ2n) is 11.3. The topological polar surface area (TPSA) is 107 Å². The molecule has 1 aliphatic heterocycles. The molecular weight excluding hydrogens is 478 g/mol. The van der Waals surface area contributed by atoms with Crippen LogP contribution in [0, 0.1) is 18.3 Å². The number of tetrazole rings is 1. The standard InChI is InChI=1S/C29H39N7O2/c1-6-23(29(3,4)5)13-16-25-19-36(24-14-7-20(2)8-15-24)28(38)35(25)18-21-9-11-22(12-10-21)27(37)30-17-26-31-33-34-32-26/h7-12,14-15,23,25H,6,13,16-19H2,1-5H3,(H,30,37)(H,31,32,33,34). The molecule has 4 rings (SSSR count). The summed E-state index contributed by atoms with van der Waals surface area (Å²) in [5.41, 5.74) is 3.88. The summed E-state index contributed by atoms with van der Waals surface area (Å²) in [4.78, 5) is 30.1. The number of amides is 3. The van der Waals surface area contributed by atoms with E-state index in [-0.39, 0.29) is 29.9 Å². The Balaban J connectivity index is 1.47. The van der Waals surface area contributed by atoms with E-state index in [2.05, 4.69) is 72.7 Å². The second-order valence-corrected chi connectivity index (χ2v) is 11.3. The van der Waals surface area contributed by atoms with E-state index in [4.69, 9.17) is 0 Å². The summed E-state index contributed by atoms with van der Waals surface area (Å²) in [5, 5.41) is 16.2. The highest BCUT2D eigenvalue weighted by Crippen LogP contribution is 2.35. The van der Waals surface area contributed by atoms with Crippen LogP contribution >= 0.6 is 0 Å². The molecule has 9 heteroatoms. The summed E-state index contributed by atoms with van der Waals surface area (Å²) in [6.45, 7) is 12.6. The lowest BCUT2D eigenvalue weighted by Crippen LogP contribution is -2.35. The Hall–Kier alpha value is -3.75. The molecule has 9 nitrogen and oxygen atoms in total. The molecule has 0 spiro atoms. The molecule has 2 aromatic carbocycles. The van der Waals surface area contributed by atoms with Gasteiger partial charge in [-0.2, -0.15) is 0 Å². The van der Waals surface area contributed by atoms with Gasteiger partial charge < -0.3 is 10.2 Å². The Morgan fingerprint density at radius 3 is 2.45 bits per heavy atom. The molecule has 202 valence electrons. The Morgan fingerprint density at radius 2 is 1.84 bits per heavy atom. The summed E-state index contributed by atoms with van der Waals surface area (Å²) in [6, 6.07) is 15.8. The highest BCUT2D eigenvalue weighted by atomic mass is 16.2. The number of aromatic nitrogens is 4. The van der Waals surface area contributed by atoms with Gasteiger partial charge in [-0.3, -0.25) is 9.69 Å². The number of benzene rings is 2. The third-order valence-corrected chi connectivity index (χ3v) is 7.60. The quantitative estimate of drug-likeness (QED) is 0.389. The largest absolute Gasteiger partial charge is 0.345 e. The normalized spacial score (nSPS) is 16.7. The predicted molar refractivity (Wildman–Crippen MR) is 148 cm³/mol. The SMILES string of the molecule is CCC(CCC1CN(c2ccc(C)cc2)C(=O)N1Cc1ccc(C(=O)NCc2nnn[nH]2)cc1)C(C)(C)C. The minimum Gasteiger partial charge on any atom is -0.345 e. The number of anilines is 1. The number of nitrogens with zero attached hydrogens (tertiary/aromatic N) is 5. The number of hydrogen-bond donors (Lipinski definition) is 2. The molecule has 2 heterocycles. The van der Waals surface area contributed by atoms with Gasteiger partial charge in [0.05, 0.1) is 12.6 Å². The first-order chi connectivity index (χ1) is 18.2. The highest BCUT2D eigenvalue weighted by Gasteiger charge is 2.38. The van der Waals surface area contributed by atoms with Crippen molar-refractivity contribution in [1.29, 1.82) is 0 Å². The van der Waals surface area contributed by atoms with Crippen LogP contribution in [-0.2, 0) is 13.1 Å². The molecule has 1 aromatic heterocycles. The van der Waals surface area contributed by atoms with Gasteiger partial charge in [0.2, 0.25) is 0 Å². The van der Waals surface area contributed by atoms with Crippen molar-refractivity contribution < 1.29 is 9.59 Å². The van der Waals surface area contributed by atoms with Gasteiger partial charge in [0.15, 0.2) is 5.82 Å². The second kappa shape index (κ2) is 11.8. The van der Waals surface area contributed by atoms with Gasteiger partial charge in [-0.25, -0.2) is 9.89 Å². The summed E-state index contributed by atoms with van der Waals surface area (Å²) >= 11 is 0. The van der Waals surface area contributed by atoms with Crippen LogP contribution in [-0.4, -0.2) is 50.0 Å². The van der Waals surface area contributed by atoms with Crippen LogP contribution in [0.3, 0.4) is 0 Å². The van der Waals surface area contributed by atoms with E-state index in [1.54, 1.807) is 12.1 Å². The number of H-pyrrole nitrogens is 1. The lowest BCUT2D eigenvalue weighted by atomic mass is 9.76. The number of aromatic amines is 1. The Bertz CT molecular complexity index is 1200. The molecule has 3 aromatic rings. The van der Waals surface area contributed by atoms with Gasteiger partial charge in [-0.15, -0.1) is 5.10 Å². The van der Waals surface area contributed by atoms with Gasteiger partial charge in [0.25, 0.3) is 5.91 Å². The van der Waals surface area contributed by atoms with Crippen molar-refractivity contribution in [2.45, 2.75) is 73.0 Å². The molecule has 0 radical (unpaired) electrons. The zero-order valence-corrected chi connectivity index (χ0v) is 23.1. The maximum Gasteiger partial charge on any atom is 0.325 e. The molecule has 0 aliphatic carbocycles. The van der Waals surface area contributed by atoms with Gasteiger partial charge in [0, 0.05) is 24.3 Å². The maximum absolute atomic E-state index is 13.7. The molecule has 3 amide bonds. The molecule has 2 atom stereocenters. The number of hydrogen-bond acceptors (Lipinski definition) is 5. The van der Waals surface area contributed by atoms with Crippen LogP contribution in [0.15, 0.2) is 48.5 Å². The van der Waals surface area contributed by atoms with E-state index in [1.165, 1.54) is 5.56 Å². The molecular formula is C29H39N7O2.